The third-order valence-electron chi connectivity index (χ3n) is 4.17. The summed E-state index contributed by atoms with van der Waals surface area (Å²) in [5.74, 6) is 0.390. The van der Waals surface area contributed by atoms with Crippen molar-refractivity contribution in [1.82, 2.24) is 10.3 Å². The molecule has 1 amide bonds. The van der Waals surface area contributed by atoms with E-state index in [1.807, 2.05) is 6.07 Å². The predicted octanol–water partition coefficient (Wildman–Crippen LogP) is 2.98. The number of aliphatic imine (C=N–C) groups is 1. The third-order valence-corrected chi connectivity index (χ3v) is 4.26. The first-order valence-electron chi connectivity index (χ1n) is 7.10. The quantitative estimate of drug-likeness (QED) is 0.658. The summed E-state index contributed by atoms with van der Waals surface area (Å²) in [5, 5.41) is 14.0. The van der Waals surface area contributed by atoms with Gasteiger partial charge in [-0.05, 0) is 48.5 Å². The summed E-state index contributed by atoms with van der Waals surface area (Å²) in [7, 11) is 1.62. The van der Waals surface area contributed by atoms with Gasteiger partial charge in [-0.25, -0.2) is 4.79 Å². The second-order valence-electron chi connectivity index (χ2n) is 5.54. The van der Waals surface area contributed by atoms with Crippen LogP contribution in [0.1, 0.15) is 31.2 Å². The molecule has 2 N–H and O–H groups in total. The average Bonchev–Trinajstić information content (AvgIpc) is 2.47. The number of pyridine rings is 1. The molecule has 0 unspecified atom stereocenters. The lowest BCUT2D eigenvalue weighted by Gasteiger charge is -2.39. The molecule has 1 saturated carbocycles. The van der Waals surface area contributed by atoms with Crippen LogP contribution in [0.15, 0.2) is 23.5 Å². The van der Waals surface area contributed by atoms with Crippen molar-refractivity contribution >= 4 is 29.2 Å². The number of nitrogens with one attached hydrogen (secondary N) is 1. The predicted molar refractivity (Wildman–Crippen MR) is 85.8 cm³/mol. The number of isothiocyanates is 1. The zero-order chi connectivity index (χ0) is 16.1. The van der Waals surface area contributed by atoms with Gasteiger partial charge in [0, 0.05) is 13.3 Å². The van der Waals surface area contributed by atoms with Crippen LogP contribution in [0.25, 0.3) is 0 Å². The fourth-order valence-electron chi connectivity index (χ4n) is 3.35. The van der Waals surface area contributed by atoms with Gasteiger partial charge in [0.05, 0.1) is 29.2 Å². The second-order valence-corrected chi connectivity index (χ2v) is 5.72. The molecule has 0 bridgehead atoms. The van der Waals surface area contributed by atoms with Gasteiger partial charge >= 0.3 is 6.09 Å². The lowest BCUT2D eigenvalue weighted by atomic mass is 9.74. The first kappa shape index (κ1) is 16.5. The zero-order valence-corrected chi connectivity index (χ0v) is 13.3. The molecule has 6 nitrogen and oxygen atoms in total. The van der Waals surface area contributed by atoms with Crippen LogP contribution in [-0.4, -0.2) is 40.6 Å². The van der Waals surface area contributed by atoms with E-state index >= 15 is 0 Å². The summed E-state index contributed by atoms with van der Waals surface area (Å²) in [6.45, 7) is 2.07. The van der Waals surface area contributed by atoms with Gasteiger partial charge in [-0.15, -0.1) is 0 Å². The number of thiocarbonyl (C=S) groups is 1. The standard InChI is InChI=1S/C15H19N3O3S/c1-9-5-10(6-12(14(9)21-2)18-15(19)20)11-3-4-16-7-13(11)17-8-22/h3-4,7,9-10,12,14,18H,5-6H2,1-2H3,(H,19,20)/t9-,10-,12+,14+/m0/s1. The Morgan fingerprint density at radius 3 is 3.00 bits per heavy atom. The van der Waals surface area contributed by atoms with Gasteiger partial charge in [0.2, 0.25) is 0 Å². The van der Waals surface area contributed by atoms with Crippen molar-refractivity contribution in [2.75, 3.05) is 7.11 Å². The third kappa shape index (κ3) is 3.68. The molecule has 0 radical (unpaired) electrons. The van der Waals surface area contributed by atoms with Crippen molar-refractivity contribution in [3.05, 3.63) is 24.0 Å². The van der Waals surface area contributed by atoms with E-state index < -0.39 is 6.09 Å². The summed E-state index contributed by atoms with van der Waals surface area (Å²) in [4.78, 5) is 19.2. The number of amides is 1. The molecular weight excluding hydrogens is 302 g/mol. The van der Waals surface area contributed by atoms with Gasteiger partial charge < -0.3 is 15.2 Å². The molecule has 1 heterocycles. The van der Waals surface area contributed by atoms with Crippen LogP contribution in [0, 0.1) is 5.92 Å². The molecule has 2 rings (SSSR count). The lowest BCUT2D eigenvalue weighted by molar-refractivity contribution is -0.000248. The molecule has 1 aromatic heterocycles. The van der Waals surface area contributed by atoms with Crippen molar-refractivity contribution in [2.45, 2.75) is 37.8 Å². The Kier molecular flexibility index (Phi) is 5.60. The highest BCUT2D eigenvalue weighted by Gasteiger charge is 2.37. The Bertz CT molecular complexity index is 589. The summed E-state index contributed by atoms with van der Waals surface area (Å²) in [6, 6.07) is 1.65. The molecular formula is C15H19N3O3S. The summed E-state index contributed by atoms with van der Waals surface area (Å²) in [6.07, 6.45) is 3.74. The minimum atomic E-state index is -1.04. The molecule has 1 fully saturated rings. The van der Waals surface area contributed by atoms with E-state index in [0.717, 1.165) is 12.0 Å². The number of rotatable bonds is 4. The van der Waals surface area contributed by atoms with Crippen LogP contribution in [0.3, 0.4) is 0 Å². The highest BCUT2D eigenvalue weighted by atomic mass is 32.1. The number of hydrogen-bond donors (Lipinski definition) is 2. The van der Waals surface area contributed by atoms with Gasteiger partial charge in [0.15, 0.2) is 0 Å². The number of ether oxygens (including phenoxy) is 1. The SMILES string of the molecule is CO[C@@H]1[C@@H](C)C[C@H](c2ccncc2N=C=S)C[C@H]1NC(=O)O. The van der Waals surface area contributed by atoms with Gasteiger partial charge in [-0.1, -0.05) is 6.92 Å². The number of carboxylic acid groups (broad SMARTS) is 1. The highest BCUT2D eigenvalue weighted by molar-refractivity contribution is 7.78. The van der Waals surface area contributed by atoms with E-state index in [1.54, 1.807) is 19.5 Å². The van der Waals surface area contributed by atoms with Gasteiger partial charge in [0.25, 0.3) is 0 Å². The van der Waals surface area contributed by atoms with E-state index in [-0.39, 0.29) is 24.0 Å². The maximum absolute atomic E-state index is 11.0. The fourth-order valence-corrected chi connectivity index (χ4v) is 3.45. The van der Waals surface area contributed by atoms with E-state index in [4.69, 9.17) is 9.84 Å². The van der Waals surface area contributed by atoms with Gasteiger partial charge in [-0.3, -0.25) is 4.98 Å². The zero-order valence-electron chi connectivity index (χ0n) is 12.5. The topological polar surface area (TPSA) is 83.8 Å². The molecule has 0 aromatic carbocycles. The molecule has 0 spiro atoms. The maximum atomic E-state index is 11.0. The summed E-state index contributed by atoms with van der Waals surface area (Å²) >= 11 is 4.68. The molecule has 7 heteroatoms. The van der Waals surface area contributed by atoms with Crippen LogP contribution >= 0.6 is 12.2 Å². The van der Waals surface area contributed by atoms with E-state index in [9.17, 15) is 4.79 Å². The first-order valence-corrected chi connectivity index (χ1v) is 7.51. The van der Waals surface area contributed by atoms with Crippen LogP contribution in [-0.2, 0) is 4.74 Å². The van der Waals surface area contributed by atoms with Crippen LogP contribution in [0.2, 0.25) is 0 Å². The molecule has 1 aliphatic carbocycles. The van der Waals surface area contributed by atoms with E-state index in [1.165, 1.54) is 0 Å². The Morgan fingerprint density at radius 1 is 1.59 bits per heavy atom. The lowest BCUT2D eigenvalue weighted by Crippen LogP contribution is -2.50. The number of nitrogens with zero attached hydrogens (tertiary/aromatic N) is 2. The molecule has 0 saturated heterocycles. The molecule has 1 aliphatic rings. The van der Waals surface area contributed by atoms with Crippen molar-refractivity contribution in [3.63, 3.8) is 0 Å². The maximum Gasteiger partial charge on any atom is 0.404 e. The van der Waals surface area contributed by atoms with E-state index in [2.05, 4.69) is 39.6 Å². The first-order chi connectivity index (χ1) is 10.6. The molecule has 0 aliphatic heterocycles. The largest absolute Gasteiger partial charge is 0.465 e. The Morgan fingerprint density at radius 2 is 2.36 bits per heavy atom. The normalized spacial score (nSPS) is 27.7. The summed E-state index contributed by atoms with van der Waals surface area (Å²) in [5.41, 5.74) is 1.71. The molecule has 1 aromatic rings. The second kappa shape index (κ2) is 7.45. The smallest absolute Gasteiger partial charge is 0.404 e. The van der Waals surface area contributed by atoms with Crippen molar-refractivity contribution < 1.29 is 14.6 Å². The number of methoxy groups -OCH3 is 1. The molecule has 118 valence electrons. The number of carbonyl (C=O) groups is 1. The van der Waals surface area contributed by atoms with Crippen molar-refractivity contribution in [2.24, 2.45) is 10.9 Å². The number of hydrogen-bond acceptors (Lipinski definition) is 5. The number of aromatic nitrogens is 1. The average molecular weight is 321 g/mol. The minimum Gasteiger partial charge on any atom is -0.465 e. The Labute approximate surface area is 134 Å². The molecule has 22 heavy (non-hydrogen) atoms. The van der Waals surface area contributed by atoms with Gasteiger partial charge in [0.1, 0.15) is 0 Å². The van der Waals surface area contributed by atoms with Crippen molar-refractivity contribution in [3.8, 4) is 0 Å². The summed E-state index contributed by atoms with van der Waals surface area (Å²) < 4.78 is 5.49. The monoisotopic (exact) mass is 321 g/mol. The Hall–Kier alpha value is -1.82. The van der Waals surface area contributed by atoms with Crippen LogP contribution < -0.4 is 5.32 Å². The Balaban J connectivity index is 2.29. The fraction of sp³-hybridized carbons (Fsp3) is 0.533. The van der Waals surface area contributed by atoms with E-state index in [0.29, 0.717) is 12.1 Å². The van der Waals surface area contributed by atoms with Gasteiger partial charge in [-0.2, -0.15) is 4.99 Å². The minimum absolute atomic E-state index is 0.133. The highest BCUT2D eigenvalue weighted by Crippen LogP contribution is 2.40. The molecule has 4 atom stereocenters. The van der Waals surface area contributed by atoms with Crippen molar-refractivity contribution in [1.29, 1.82) is 0 Å². The van der Waals surface area contributed by atoms with Crippen LogP contribution in [0.5, 0.6) is 0 Å². The van der Waals surface area contributed by atoms with Crippen LogP contribution in [0.4, 0.5) is 10.5 Å².